The maximum Gasteiger partial charge on any atom is 0.189 e. The van der Waals surface area contributed by atoms with E-state index < -0.39 is 0 Å². The average molecular weight is 233 g/mol. The van der Waals surface area contributed by atoms with Crippen molar-refractivity contribution in [3.8, 4) is 0 Å². The Labute approximate surface area is 99.5 Å². The smallest absolute Gasteiger partial charge is 0.189 e. The van der Waals surface area contributed by atoms with E-state index in [1.165, 1.54) is 5.56 Å². The Morgan fingerprint density at radius 2 is 2.25 bits per heavy atom. The summed E-state index contributed by atoms with van der Waals surface area (Å²) in [5.41, 5.74) is 8.90. The van der Waals surface area contributed by atoms with Crippen LogP contribution in [0.1, 0.15) is 11.3 Å². The van der Waals surface area contributed by atoms with E-state index in [9.17, 15) is 0 Å². The van der Waals surface area contributed by atoms with Crippen molar-refractivity contribution in [1.29, 1.82) is 0 Å². The molecule has 0 saturated carbocycles. The van der Waals surface area contributed by atoms with Crippen molar-refractivity contribution < 1.29 is 0 Å². The quantitative estimate of drug-likeness (QED) is 0.886. The molecule has 0 aliphatic heterocycles. The predicted molar refractivity (Wildman–Crippen MR) is 69.2 cm³/mol. The fourth-order valence-corrected chi connectivity index (χ4v) is 2.31. The van der Waals surface area contributed by atoms with Gasteiger partial charge in [0.1, 0.15) is 0 Å². The summed E-state index contributed by atoms with van der Waals surface area (Å²) < 4.78 is 0. The lowest BCUT2D eigenvalue weighted by Gasteiger charge is -2.16. The first kappa shape index (κ1) is 11.1. The van der Waals surface area contributed by atoms with E-state index in [0.29, 0.717) is 6.54 Å². The van der Waals surface area contributed by atoms with E-state index in [1.54, 1.807) is 11.3 Å². The largest absolute Gasteiger partial charge is 0.325 e. The molecule has 2 N–H and O–H groups in total. The van der Waals surface area contributed by atoms with E-state index in [0.717, 1.165) is 16.5 Å². The molecular weight excluding hydrogens is 218 g/mol. The van der Waals surface area contributed by atoms with Crippen LogP contribution in [-0.4, -0.2) is 12.0 Å². The van der Waals surface area contributed by atoms with Gasteiger partial charge >= 0.3 is 0 Å². The van der Waals surface area contributed by atoms with Gasteiger partial charge in [-0.3, -0.25) is 0 Å². The molecule has 0 bridgehead atoms. The molecular formula is C12H15N3S. The fourth-order valence-electron chi connectivity index (χ4n) is 1.49. The highest BCUT2D eigenvalue weighted by atomic mass is 32.1. The van der Waals surface area contributed by atoms with Crippen LogP contribution in [0.25, 0.3) is 0 Å². The van der Waals surface area contributed by atoms with Crippen molar-refractivity contribution in [2.45, 2.75) is 13.5 Å². The number of hydrogen-bond donors (Lipinski definition) is 1. The summed E-state index contributed by atoms with van der Waals surface area (Å²) in [6, 6.07) is 8.36. The van der Waals surface area contributed by atoms with Crippen LogP contribution >= 0.6 is 11.3 Å². The van der Waals surface area contributed by atoms with Gasteiger partial charge < -0.3 is 10.6 Å². The summed E-state index contributed by atoms with van der Waals surface area (Å²) in [5.74, 6) is 0. The molecule has 0 radical (unpaired) electrons. The molecule has 1 aromatic carbocycles. The molecule has 0 amide bonds. The first-order valence-corrected chi connectivity index (χ1v) is 6.03. The van der Waals surface area contributed by atoms with E-state index in [2.05, 4.69) is 41.1 Å². The summed E-state index contributed by atoms with van der Waals surface area (Å²) in [6.45, 7) is 2.59. The highest BCUT2D eigenvalue weighted by Crippen LogP contribution is 2.27. The first-order valence-electron chi connectivity index (χ1n) is 5.15. The Morgan fingerprint density at radius 3 is 2.88 bits per heavy atom. The summed E-state index contributed by atoms with van der Waals surface area (Å²) in [7, 11) is 2.02. The summed E-state index contributed by atoms with van der Waals surface area (Å²) in [5, 5.41) is 2.98. The van der Waals surface area contributed by atoms with Gasteiger partial charge in [0.25, 0.3) is 0 Å². The summed E-state index contributed by atoms with van der Waals surface area (Å²) >= 11 is 1.62. The van der Waals surface area contributed by atoms with Crippen molar-refractivity contribution in [3.05, 3.63) is 40.9 Å². The second-order valence-corrected chi connectivity index (χ2v) is 4.56. The van der Waals surface area contributed by atoms with Gasteiger partial charge in [-0.2, -0.15) is 0 Å². The second kappa shape index (κ2) is 4.63. The number of aryl methyl sites for hydroxylation is 1. The molecule has 84 valence electrons. The lowest BCUT2D eigenvalue weighted by molar-refractivity contribution is 1.00. The Morgan fingerprint density at radius 1 is 1.44 bits per heavy atom. The van der Waals surface area contributed by atoms with Crippen molar-refractivity contribution in [2.24, 2.45) is 5.73 Å². The minimum atomic E-state index is 0.498. The fraction of sp³-hybridized carbons (Fsp3) is 0.250. The van der Waals surface area contributed by atoms with Crippen LogP contribution < -0.4 is 10.6 Å². The number of anilines is 2. The third-order valence-corrected chi connectivity index (χ3v) is 3.39. The zero-order valence-electron chi connectivity index (χ0n) is 9.47. The minimum absolute atomic E-state index is 0.498. The Kier molecular flexibility index (Phi) is 3.22. The SMILES string of the molecule is Cc1cccc(N(C)c2nc(CN)cs2)c1. The normalized spacial score (nSPS) is 10.4. The van der Waals surface area contributed by atoms with Gasteiger partial charge in [0.05, 0.1) is 5.69 Å². The van der Waals surface area contributed by atoms with Gasteiger partial charge in [-0.05, 0) is 24.6 Å². The molecule has 4 heteroatoms. The van der Waals surface area contributed by atoms with Gasteiger partial charge in [0, 0.05) is 24.7 Å². The van der Waals surface area contributed by atoms with Gasteiger partial charge in [-0.15, -0.1) is 11.3 Å². The topological polar surface area (TPSA) is 42.2 Å². The van der Waals surface area contributed by atoms with Gasteiger partial charge in [-0.1, -0.05) is 12.1 Å². The average Bonchev–Trinajstić information content (AvgIpc) is 2.76. The number of nitrogens with two attached hydrogens (primary N) is 1. The van der Waals surface area contributed by atoms with Crippen LogP contribution in [0.4, 0.5) is 10.8 Å². The molecule has 16 heavy (non-hydrogen) atoms. The van der Waals surface area contributed by atoms with Gasteiger partial charge in [0.15, 0.2) is 5.13 Å². The van der Waals surface area contributed by atoms with E-state index >= 15 is 0 Å². The maximum atomic E-state index is 5.55. The zero-order valence-corrected chi connectivity index (χ0v) is 10.3. The van der Waals surface area contributed by atoms with Gasteiger partial charge in [0.2, 0.25) is 0 Å². The molecule has 0 fully saturated rings. The molecule has 1 heterocycles. The number of rotatable bonds is 3. The Bertz CT molecular complexity index is 479. The second-order valence-electron chi connectivity index (χ2n) is 3.72. The van der Waals surface area contributed by atoms with Crippen molar-refractivity contribution in [1.82, 2.24) is 4.98 Å². The van der Waals surface area contributed by atoms with E-state index in [1.807, 2.05) is 12.4 Å². The van der Waals surface area contributed by atoms with E-state index in [-0.39, 0.29) is 0 Å². The molecule has 0 saturated heterocycles. The minimum Gasteiger partial charge on any atom is -0.325 e. The first-order chi connectivity index (χ1) is 7.70. The highest BCUT2D eigenvalue weighted by Gasteiger charge is 2.08. The van der Waals surface area contributed by atoms with Crippen molar-refractivity contribution in [3.63, 3.8) is 0 Å². The molecule has 0 unspecified atom stereocenters. The van der Waals surface area contributed by atoms with Crippen molar-refractivity contribution in [2.75, 3.05) is 11.9 Å². The van der Waals surface area contributed by atoms with Crippen LogP contribution in [0.2, 0.25) is 0 Å². The van der Waals surface area contributed by atoms with Crippen LogP contribution in [0.3, 0.4) is 0 Å². The molecule has 2 rings (SSSR count). The molecule has 1 aromatic heterocycles. The Balaban J connectivity index is 2.27. The standard InChI is InChI=1S/C12H15N3S/c1-9-4-3-5-11(6-9)15(2)12-14-10(7-13)8-16-12/h3-6,8H,7,13H2,1-2H3. The van der Waals surface area contributed by atoms with Gasteiger partial charge in [-0.25, -0.2) is 4.98 Å². The zero-order chi connectivity index (χ0) is 11.5. The predicted octanol–water partition coefficient (Wildman–Crippen LogP) is 2.68. The summed E-state index contributed by atoms with van der Waals surface area (Å²) in [6.07, 6.45) is 0. The number of benzene rings is 1. The number of hydrogen-bond acceptors (Lipinski definition) is 4. The van der Waals surface area contributed by atoms with E-state index in [4.69, 9.17) is 5.73 Å². The molecule has 2 aromatic rings. The monoisotopic (exact) mass is 233 g/mol. The number of thiazole rings is 1. The molecule has 0 atom stereocenters. The van der Waals surface area contributed by atoms with Crippen LogP contribution in [-0.2, 0) is 6.54 Å². The number of aromatic nitrogens is 1. The number of nitrogens with zero attached hydrogens (tertiary/aromatic N) is 2. The molecule has 0 aliphatic carbocycles. The lowest BCUT2D eigenvalue weighted by atomic mass is 10.2. The Hall–Kier alpha value is -1.39. The molecule has 3 nitrogen and oxygen atoms in total. The van der Waals surface area contributed by atoms with Crippen molar-refractivity contribution >= 4 is 22.2 Å². The van der Waals surface area contributed by atoms with Crippen LogP contribution in [0.5, 0.6) is 0 Å². The summed E-state index contributed by atoms with van der Waals surface area (Å²) in [4.78, 5) is 6.53. The highest BCUT2D eigenvalue weighted by molar-refractivity contribution is 7.13. The lowest BCUT2D eigenvalue weighted by Crippen LogP contribution is -2.09. The third kappa shape index (κ3) is 2.23. The third-order valence-electron chi connectivity index (χ3n) is 2.42. The van der Waals surface area contributed by atoms with Crippen LogP contribution in [0.15, 0.2) is 29.6 Å². The molecule has 0 spiro atoms. The maximum absolute atomic E-state index is 5.55. The molecule has 0 aliphatic rings. The van der Waals surface area contributed by atoms with Crippen LogP contribution in [0, 0.1) is 6.92 Å².